The van der Waals surface area contributed by atoms with E-state index < -0.39 is 18.0 Å². The third-order valence-electron chi connectivity index (χ3n) is 2.69. The summed E-state index contributed by atoms with van der Waals surface area (Å²) in [6.07, 6.45) is -4.26. The van der Waals surface area contributed by atoms with Crippen molar-refractivity contribution in [3.8, 4) is 0 Å². The number of rotatable bonds is 5. The molecule has 0 aromatic heterocycles. The minimum atomic E-state index is -4.26. The van der Waals surface area contributed by atoms with Gasteiger partial charge in [-0.2, -0.15) is 13.2 Å². The molecule has 0 saturated carbocycles. The predicted molar refractivity (Wildman–Crippen MR) is 66.1 cm³/mol. The van der Waals surface area contributed by atoms with Gasteiger partial charge in [0.25, 0.3) is 0 Å². The first kappa shape index (κ1) is 15.4. The minimum absolute atomic E-state index is 0.145. The number of nitrogens with zero attached hydrogens (tertiary/aromatic N) is 1. The van der Waals surface area contributed by atoms with Crippen molar-refractivity contribution in [2.75, 3.05) is 11.9 Å². The van der Waals surface area contributed by atoms with E-state index >= 15 is 0 Å². The smallest absolute Gasteiger partial charge is 0.287 e. The molecule has 0 heterocycles. The van der Waals surface area contributed by atoms with Gasteiger partial charge >= 0.3 is 6.18 Å². The first-order valence-corrected chi connectivity index (χ1v) is 6.58. The average Bonchev–Trinajstić information content (AvgIpc) is 2.29. The quantitative estimate of drug-likeness (QED) is 0.584. The molecule has 0 spiro atoms. The van der Waals surface area contributed by atoms with Gasteiger partial charge in [0.15, 0.2) is 0 Å². The van der Waals surface area contributed by atoms with Crippen LogP contribution in [0.4, 0.5) is 17.6 Å². The van der Waals surface area contributed by atoms with Gasteiger partial charge in [0.1, 0.15) is 11.9 Å². The van der Waals surface area contributed by atoms with E-state index in [1.165, 1.54) is 29.2 Å². The van der Waals surface area contributed by atoms with Crippen molar-refractivity contribution in [3.63, 3.8) is 0 Å². The Bertz CT molecular complexity index is 363. The molecule has 0 amide bonds. The summed E-state index contributed by atoms with van der Waals surface area (Å²) >= 11 is 3.14. The monoisotopic (exact) mass is 327 g/mol. The Morgan fingerprint density at radius 1 is 1.22 bits per heavy atom. The van der Waals surface area contributed by atoms with E-state index in [1.54, 1.807) is 0 Å². The van der Waals surface area contributed by atoms with Crippen molar-refractivity contribution in [2.45, 2.75) is 25.7 Å². The molecule has 0 unspecified atom stereocenters. The molecule has 1 nitrogen and oxygen atoms in total. The summed E-state index contributed by atoms with van der Waals surface area (Å²) in [4.78, 5) is 1.31. The van der Waals surface area contributed by atoms with Gasteiger partial charge in [-0.15, -0.1) is 0 Å². The lowest BCUT2D eigenvalue weighted by Gasteiger charge is -2.30. The first-order chi connectivity index (χ1) is 8.34. The van der Waals surface area contributed by atoms with Gasteiger partial charge in [-0.3, -0.25) is 4.90 Å². The van der Waals surface area contributed by atoms with Gasteiger partial charge in [0.2, 0.25) is 0 Å². The fourth-order valence-electron chi connectivity index (χ4n) is 1.55. The van der Waals surface area contributed by atoms with Gasteiger partial charge in [-0.25, -0.2) is 4.39 Å². The molecule has 1 aromatic rings. The SMILES string of the molecule is C[C@H](N(CCBr)Cc1ccc(F)cc1)C(F)(F)F. The van der Waals surface area contributed by atoms with Crippen molar-refractivity contribution in [3.05, 3.63) is 35.6 Å². The van der Waals surface area contributed by atoms with E-state index in [4.69, 9.17) is 0 Å². The zero-order valence-corrected chi connectivity index (χ0v) is 11.4. The number of alkyl halides is 4. The van der Waals surface area contributed by atoms with Crippen LogP contribution in [0.25, 0.3) is 0 Å². The van der Waals surface area contributed by atoms with Crippen molar-refractivity contribution in [1.82, 2.24) is 4.90 Å². The molecule has 1 atom stereocenters. The summed E-state index contributed by atoms with van der Waals surface area (Å²) in [6.45, 7) is 1.55. The number of hydrogen-bond donors (Lipinski definition) is 0. The average molecular weight is 328 g/mol. The van der Waals surface area contributed by atoms with Gasteiger partial charge in [0, 0.05) is 18.4 Å². The second-order valence-corrected chi connectivity index (χ2v) is 4.80. The third-order valence-corrected chi connectivity index (χ3v) is 3.05. The molecule has 0 aliphatic carbocycles. The van der Waals surface area contributed by atoms with E-state index in [1.807, 2.05) is 0 Å². The second-order valence-electron chi connectivity index (χ2n) is 4.00. The zero-order chi connectivity index (χ0) is 13.8. The summed E-state index contributed by atoms with van der Waals surface area (Å²) in [5.74, 6) is -0.394. The van der Waals surface area contributed by atoms with E-state index in [-0.39, 0.29) is 13.1 Å². The Labute approximate surface area is 112 Å². The standard InChI is InChI=1S/C12H14BrF4N/c1-9(12(15,16)17)18(7-6-13)8-10-2-4-11(14)5-3-10/h2-5,9H,6-8H2,1H3/t9-/m0/s1. The Kier molecular flexibility index (Phi) is 5.59. The van der Waals surface area contributed by atoms with E-state index in [9.17, 15) is 17.6 Å². The normalized spacial score (nSPS) is 13.9. The van der Waals surface area contributed by atoms with E-state index in [0.29, 0.717) is 10.9 Å². The number of benzene rings is 1. The Hall–Kier alpha value is -0.620. The number of halogens is 5. The van der Waals surface area contributed by atoms with E-state index in [0.717, 1.165) is 6.92 Å². The van der Waals surface area contributed by atoms with Crippen molar-refractivity contribution in [2.24, 2.45) is 0 Å². The van der Waals surface area contributed by atoms with Crippen LogP contribution in [0.1, 0.15) is 12.5 Å². The fourth-order valence-corrected chi connectivity index (χ4v) is 2.01. The maximum absolute atomic E-state index is 12.7. The minimum Gasteiger partial charge on any atom is -0.287 e. The molecule has 0 radical (unpaired) electrons. The molecule has 0 aliphatic rings. The molecule has 0 aliphatic heterocycles. The highest BCUT2D eigenvalue weighted by Gasteiger charge is 2.39. The van der Waals surface area contributed by atoms with Crippen molar-refractivity contribution >= 4 is 15.9 Å². The maximum atomic E-state index is 12.7. The lowest BCUT2D eigenvalue weighted by molar-refractivity contribution is -0.179. The Morgan fingerprint density at radius 3 is 2.22 bits per heavy atom. The molecular formula is C12H14BrF4N. The number of hydrogen-bond acceptors (Lipinski definition) is 1. The molecule has 1 rings (SSSR count). The summed E-state index contributed by atoms with van der Waals surface area (Å²) < 4.78 is 50.7. The largest absolute Gasteiger partial charge is 0.403 e. The van der Waals surface area contributed by atoms with Crippen LogP contribution in [0.3, 0.4) is 0 Å². The van der Waals surface area contributed by atoms with Crippen LogP contribution in [0.15, 0.2) is 24.3 Å². The molecule has 0 bridgehead atoms. The predicted octanol–water partition coefficient (Wildman–Crippen LogP) is 3.97. The highest BCUT2D eigenvalue weighted by atomic mass is 79.9. The van der Waals surface area contributed by atoms with Gasteiger partial charge < -0.3 is 0 Å². The Morgan fingerprint density at radius 2 is 1.78 bits per heavy atom. The van der Waals surface area contributed by atoms with Crippen LogP contribution in [-0.2, 0) is 6.54 Å². The van der Waals surface area contributed by atoms with Crippen LogP contribution >= 0.6 is 15.9 Å². The van der Waals surface area contributed by atoms with Crippen LogP contribution in [-0.4, -0.2) is 29.0 Å². The lowest BCUT2D eigenvalue weighted by atomic mass is 10.1. The van der Waals surface area contributed by atoms with Crippen LogP contribution in [0, 0.1) is 5.82 Å². The second kappa shape index (κ2) is 6.52. The zero-order valence-electron chi connectivity index (χ0n) is 9.85. The van der Waals surface area contributed by atoms with Crippen LogP contribution in [0.5, 0.6) is 0 Å². The van der Waals surface area contributed by atoms with E-state index in [2.05, 4.69) is 15.9 Å². The molecule has 1 aromatic carbocycles. The summed E-state index contributed by atoms with van der Waals surface area (Å²) in [7, 11) is 0. The Balaban J connectivity index is 2.77. The highest BCUT2D eigenvalue weighted by Crippen LogP contribution is 2.25. The maximum Gasteiger partial charge on any atom is 0.403 e. The molecule has 0 fully saturated rings. The summed E-state index contributed by atoms with van der Waals surface area (Å²) in [5, 5.41) is 0.453. The molecule has 0 N–H and O–H groups in total. The molecular weight excluding hydrogens is 314 g/mol. The highest BCUT2D eigenvalue weighted by molar-refractivity contribution is 9.09. The third kappa shape index (κ3) is 4.57. The molecule has 6 heteroatoms. The summed E-state index contributed by atoms with van der Waals surface area (Å²) in [6, 6.07) is 3.97. The van der Waals surface area contributed by atoms with Crippen LogP contribution < -0.4 is 0 Å². The first-order valence-electron chi connectivity index (χ1n) is 5.45. The van der Waals surface area contributed by atoms with Crippen molar-refractivity contribution in [1.29, 1.82) is 0 Å². The topological polar surface area (TPSA) is 3.24 Å². The van der Waals surface area contributed by atoms with Gasteiger partial charge in [0.05, 0.1) is 0 Å². The van der Waals surface area contributed by atoms with Crippen molar-refractivity contribution < 1.29 is 17.6 Å². The summed E-state index contributed by atoms with van der Waals surface area (Å²) in [5.41, 5.74) is 0.661. The van der Waals surface area contributed by atoms with Gasteiger partial charge in [-0.1, -0.05) is 28.1 Å². The lowest BCUT2D eigenvalue weighted by Crippen LogP contribution is -2.44. The molecule has 18 heavy (non-hydrogen) atoms. The fraction of sp³-hybridized carbons (Fsp3) is 0.500. The van der Waals surface area contributed by atoms with Crippen LogP contribution in [0.2, 0.25) is 0 Å². The molecule has 0 saturated heterocycles. The van der Waals surface area contributed by atoms with Gasteiger partial charge in [-0.05, 0) is 24.6 Å². The molecule has 102 valence electrons.